The van der Waals surface area contributed by atoms with Gasteiger partial charge in [-0.25, -0.2) is 4.79 Å². The SMILES string of the molecule is O=C(ONC(=O)C1CC1)c1csc2c1CCNC2. The number of carbonyl (C=O) groups is 2. The average molecular weight is 266 g/mol. The van der Waals surface area contributed by atoms with Crippen LogP contribution in [0.4, 0.5) is 0 Å². The lowest BCUT2D eigenvalue weighted by Crippen LogP contribution is -2.29. The lowest BCUT2D eigenvalue weighted by Gasteiger charge is -2.13. The molecule has 1 saturated carbocycles. The Balaban J connectivity index is 1.64. The van der Waals surface area contributed by atoms with Crippen molar-refractivity contribution in [3.8, 4) is 0 Å². The van der Waals surface area contributed by atoms with Gasteiger partial charge in [0.05, 0.1) is 5.56 Å². The van der Waals surface area contributed by atoms with E-state index in [-0.39, 0.29) is 11.8 Å². The van der Waals surface area contributed by atoms with E-state index in [2.05, 4.69) is 10.8 Å². The van der Waals surface area contributed by atoms with Crippen molar-refractivity contribution in [3.05, 3.63) is 21.4 Å². The van der Waals surface area contributed by atoms with Gasteiger partial charge in [-0.2, -0.15) is 5.48 Å². The number of hydrogen-bond donors (Lipinski definition) is 2. The highest BCUT2D eigenvalue weighted by molar-refractivity contribution is 7.10. The van der Waals surface area contributed by atoms with E-state index in [1.807, 2.05) is 5.38 Å². The molecule has 18 heavy (non-hydrogen) atoms. The summed E-state index contributed by atoms with van der Waals surface area (Å²) in [7, 11) is 0. The van der Waals surface area contributed by atoms with E-state index in [0.29, 0.717) is 5.56 Å². The van der Waals surface area contributed by atoms with Crippen molar-refractivity contribution in [2.45, 2.75) is 25.8 Å². The summed E-state index contributed by atoms with van der Waals surface area (Å²) in [6.45, 7) is 1.68. The minimum atomic E-state index is -0.455. The van der Waals surface area contributed by atoms with E-state index in [4.69, 9.17) is 4.84 Å². The normalized spacial score (nSPS) is 18.0. The molecule has 96 valence electrons. The molecule has 0 saturated heterocycles. The van der Waals surface area contributed by atoms with Crippen LogP contribution in [-0.4, -0.2) is 18.4 Å². The fourth-order valence-electron chi connectivity index (χ4n) is 2.01. The Labute approximate surface area is 108 Å². The monoisotopic (exact) mass is 266 g/mol. The fourth-order valence-corrected chi connectivity index (χ4v) is 3.05. The van der Waals surface area contributed by atoms with Gasteiger partial charge in [-0.05, 0) is 31.4 Å². The van der Waals surface area contributed by atoms with Crippen LogP contribution in [0.15, 0.2) is 5.38 Å². The third-order valence-corrected chi connectivity index (χ3v) is 4.26. The third-order valence-electron chi connectivity index (χ3n) is 3.23. The molecule has 0 unspecified atom stereocenters. The van der Waals surface area contributed by atoms with Crippen LogP contribution in [0, 0.1) is 5.92 Å². The zero-order valence-electron chi connectivity index (χ0n) is 9.82. The first-order valence-electron chi connectivity index (χ1n) is 6.06. The first-order chi connectivity index (χ1) is 8.75. The molecular weight excluding hydrogens is 252 g/mol. The molecule has 6 heteroatoms. The van der Waals surface area contributed by atoms with E-state index in [9.17, 15) is 9.59 Å². The van der Waals surface area contributed by atoms with Crippen molar-refractivity contribution in [1.82, 2.24) is 10.8 Å². The zero-order valence-corrected chi connectivity index (χ0v) is 10.6. The summed E-state index contributed by atoms with van der Waals surface area (Å²) in [6.07, 6.45) is 2.62. The maximum Gasteiger partial charge on any atom is 0.364 e. The Morgan fingerprint density at radius 1 is 1.44 bits per heavy atom. The number of hydroxylamine groups is 1. The fraction of sp³-hybridized carbons (Fsp3) is 0.500. The van der Waals surface area contributed by atoms with Gasteiger partial charge in [-0.1, -0.05) is 0 Å². The van der Waals surface area contributed by atoms with Crippen LogP contribution in [-0.2, 0) is 22.6 Å². The third kappa shape index (κ3) is 2.26. The number of hydrogen-bond acceptors (Lipinski definition) is 5. The van der Waals surface area contributed by atoms with Gasteiger partial charge in [-0.3, -0.25) is 4.79 Å². The van der Waals surface area contributed by atoms with Crippen LogP contribution >= 0.6 is 11.3 Å². The molecule has 0 atom stereocenters. The molecule has 0 radical (unpaired) electrons. The summed E-state index contributed by atoms with van der Waals surface area (Å²) in [5.41, 5.74) is 3.89. The second kappa shape index (κ2) is 4.70. The molecule has 1 fully saturated rings. The maximum absolute atomic E-state index is 11.9. The smallest absolute Gasteiger partial charge is 0.335 e. The molecule has 1 aliphatic heterocycles. The van der Waals surface area contributed by atoms with Gasteiger partial charge in [0.1, 0.15) is 0 Å². The molecule has 1 aliphatic carbocycles. The molecule has 3 rings (SSSR count). The minimum absolute atomic E-state index is 0.0402. The van der Waals surface area contributed by atoms with E-state index >= 15 is 0 Å². The zero-order chi connectivity index (χ0) is 12.5. The predicted octanol–water partition coefficient (Wildman–Crippen LogP) is 0.992. The van der Waals surface area contributed by atoms with E-state index in [0.717, 1.165) is 37.9 Å². The summed E-state index contributed by atoms with van der Waals surface area (Å²) in [6, 6.07) is 0. The highest BCUT2D eigenvalue weighted by Crippen LogP contribution is 2.29. The van der Waals surface area contributed by atoms with Gasteiger partial charge < -0.3 is 10.2 Å². The molecule has 0 bridgehead atoms. The van der Waals surface area contributed by atoms with E-state index < -0.39 is 5.97 Å². The first-order valence-corrected chi connectivity index (χ1v) is 6.94. The van der Waals surface area contributed by atoms with Gasteiger partial charge in [0.25, 0.3) is 5.91 Å². The number of thiophene rings is 1. The standard InChI is InChI=1S/C12H14N2O3S/c15-11(7-1-2-7)14-17-12(16)9-6-18-10-5-13-4-3-8(9)10/h6-7,13H,1-5H2,(H,14,15). The van der Waals surface area contributed by atoms with Gasteiger partial charge in [-0.15, -0.1) is 11.3 Å². The van der Waals surface area contributed by atoms with E-state index in [1.165, 1.54) is 4.88 Å². The molecule has 0 spiro atoms. The Bertz CT molecular complexity index is 494. The van der Waals surface area contributed by atoms with Gasteiger partial charge >= 0.3 is 5.97 Å². The van der Waals surface area contributed by atoms with E-state index in [1.54, 1.807) is 11.3 Å². The largest absolute Gasteiger partial charge is 0.364 e. The molecule has 0 aromatic carbocycles. The Hall–Kier alpha value is -1.40. The van der Waals surface area contributed by atoms with Crippen LogP contribution in [0.2, 0.25) is 0 Å². The minimum Gasteiger partial charge on any atom is -0.335 e. The summed E-state index contributed by atoms with van der Waals surface area (Å²) >= 11 is 1.56. The molecular formula is C12H14N2O3S. The van der Waals surface area contributed by atoms with Gasteiger partial charge in [0.2, 0.25) is 0 Å². The van der Waals surface area contributed by atoms with Crippen molar-refractivity contribution in [2.24, 2.45) is 5.92 Å². The van der Waals surface area contributed by atoms with Crippen LogP contribution in [0.3, 0.4) is 0 Å². The number of carbonyl (C=O) groups excluding carboxylic acids is 2. The first kappa shape index (κ1) is 11.7. The molecule has 1 aromatic rings. The summed E-state index contributed by atoms with van der Waals surface area (Å²) < 4.78 is 0. The molecule has 1 aromatic heterocycles. The molecule has 1 amide bonds. The van der Waals surface area contributed by atoms with Gasteiger partial charge in [0.15, 0.2) is 0 Å². The lowest BCUT2D eigenvalue weighted by atomic mass is 10.1. The molecule has 2 aliphatic rings. The Morgan fingerprint density at radius 3 is 3.06 bits per heavy atom. The van der Waals surface area contributed by atoms with Gasteiger partial charge in [0, 0.05) is 22.7 Å². The molecule has 2 N–H and O–H groups in total. The quantitative estimate of drug-likeness (QED) is 0.783. The van der Waals surface area contributed by atoms with Crippen LogP contribution in [0.1, 0.15) is 33.6 Å². The number of rotatable bonds is 2. The van der Waals surface area contributed by atoms with Crippen molar-refractivity contribution < 1.29 is 14.4 Å². The van der Waals surface area contributed by atoms with Crippen LogP contribution < -0.4 is 10.8 Å². The summed E-state index contributed by atoms with van der Waals surface area (Å²) in [5, 5.41) is 5.06. The van der Waals surface area contributed by atoms with Crippen molar-refractivity contribution in [2.75, 3.05) is 6.54 Å². The number of nitrogens with one attached hydrogen (secondary N) is 2. The Morgan fingerprint density at radius 2 is 2.28 bits per heavy atom. The topological polar surface area (TPSA) is 67.4 Å². The summed E-state index contributed by atoms with van der Waals surface area (Å²) in [4.78, 5) is 29.3. The Kier molecular flexibility index (Phi) is 3.05. The van der Waals surface area contributed by atoms with Crippen molar-refractivity contribution >= 4 is 23.2 Å². The second-order valence-electron chi connectivity index (χ2n) is 4.61. The van der Waals surface area contributed by atoms with Crippen molar-refractivity contribution in [3.63, 3.8) is 0 Å². The van der Waals surface area contributed by atoms with Crippen LogP contribution in [0.25, 0.3) is 0 Å². The highest BCUT2D eigenvalue weighted by atomic mass is 32.1. The van der Waals surface area contributed by atoms with Crippen molar-refractivity contribution in [1.29, 1.82) is 0 Å². The lowest BCUT2D eigenvalue weighted by molar-refractivity contribution is -0.131. The highest BCUT2D eigenvalue weighted by Gasteiger charge is 2.31. The second-order valence-corrected chi connectivity index (χ2v) is 5.57. The predicted molar refractivity (Wildman–Crippen MR) is 66.0 cm³/mol. The maximum atomic E-state index is 11.9. The van der Waals surface area contributed by atoms with Crippen LogP contribution in [0.5, 0.6) is 0 Å². The average Bonchev–Trinajstić information content (AvgIpc) is 3.15. The summed E-state index contributed by atoms with van der Waals surface area (Å²) in [5.74, 6) is -0.601. The molecule has 2 heterocycles. The molecule has 5 nitrogen and oxygen atoms in total. The number of fused-ring (bicyclic) bond motifs is 1. The number of amides is 1.